The maximum Gasteiger partial charge on any atom is 0.161 e. The van der Waals surface area contributed by atoms with E-state index in [2.05, 4.69) is 12.2 Å². The van der Waals surface area contributed by atoms with Crippen molar-refractivity contribution in [1.82, 2.24) is 5.32 Å². The third kappa shape index (κ3) is 5.61. The van der Waals surface area contributed by atoms with Crippen LogP contribution in [0.3, 0.4) is 0 Å². The van der Waals surface area contributed by atoms with Gasteiger partial charge in [-0.3, -0.25) is 0 Å². The lowest BCUT2D eigenvalue weighted by Crippen LogP contribution is -2.30. The summed E-state index contributed by atoms with van der Waals surface area (Å²) in [7, 11) is 1.65. The molecule has 1 aromatic carbocycles. The van der Waals surface area contributed by atoms with Crippen LogP contribution in [0.15, 0.2) is 24.3 Å². The first kappa shape index (κ1) is 15.1. The van der Waals surface area contributed by atoms with E-state index in [1.807, 2.05) is 24.3 Å². The molecule has 0 aliphatic carbocycles. The van der Waals surface area contributed by atoms with Crippen LogP contribution in [-0.2, 0) is 0 Å². The van der Waals surface area contributed by atoms with Crippen LogP contribution >= 0.6 is 11.6 Å². The molecular weight excluding hydrogens is 250 g/mol. The van der Waals surface area contributed by atoms with Crippen LogP contribution in [0, 0.1) is 0 Å². The Hall–Kier alpha value is -0.930. The van der Waals surface area contributed by atoms with Gasteiger partial charge in [0.1, 0.15) is 6.61 Å². The lowest BCUT2D eigenvalue weighted by molar-refractivity contribution is 0.286. The van der Waals surface area contributed by atoms with Gasteiger partial charge in [0, 0.05) is 18.5 Å². The summed E-state index contributed by atoms with van der Waals surface area (Å²) in [5.74, 6) is 2.28. The van der Waals surface area contributed by atoms with Gasteiger partial charge in [0.2, 0.25) is 0 Å². The summed E-state index contributed by atoms with van der Waals surface area (Å²) in [5, 5.41) is 3.40. The Morgan fingerprint density at radius 3 is 2.67 bits per heavy atom. The summed E-state index contributed by atoms with van der Waals surface area (Å²) in [6.07, 6.45) is 2.14. The van der Waals surface area contributed by atoms with Crippen LogP contribution < -0.4 is 14.8 Å². The zero-order chi connectivity index (χ0) is 13.2. The van der Waals surface area contributed by atoms with E-state index in [0.29, 0.717) is 12.6 Å². The van der Waals surface area contributed by atoms with Gasteiger partial charge in [-0.2, -0.15) is 0 Å². The van der Waals surface area contributed by atoms with E-state index in [-0.39, 0.29) is 0 Å². The molecule has 1 atom stereocenters. The molecule has 0 saturated carbocycles. The zero-order valence-electron chi connectivity index (χ0n) is 11.1. The summed E-state index contributed by atoms with van der Waals surface area (Å²) in [4.78, 5) is 0. The number of nitrogens with one attached hydrogen (secondary N) is 1. The fourth-order valence-corrected chi connectivity index (χ4v) is 1.84. The largest absolute Gasteiger partial charge is 0.493 e. The van der Waals surface area contributed by atoms with Crippen molar-refractivity contribution in [2.45, 2.75) is 25.8 Å². The molecular formula is C14H22ClNO2. The van der Waals surface area contributed by atoms with Crippen LogP contribution in [0.2, 0.25) is 0 Å². The molecule has 4 heteroatoms. The number of alkyl halides is 1. The van der Waals surface area contributed by atoms with E-state index in [1.54, 1.807) is 7.11 Å². The highest BCUT2D eigenvalue weighted by Gasteiger charge is 2.03. The van der Waals surface area contributed by atoms with Gasteiger partial charge in [0.15, 0.2) is 11.5 Å². The summed E-state index contributed by atoms with van der Waals surface area (Å²) in [6.45, 7) is 3.61. The minimum atomic E-state index is 0.477. The van der Waals surface area contributed by atoms with Crippen molar-refractivity contribution < 1.29 is 9.47 Å². The molecule has 0 aliphatic rings. The normalized spacial score (nSPS) is 12.2. The summed E-state index contributed by atoms with van der Waals surface area (Å²) in [5.41, 5.74) is 0. The van der Waals surface area contributed by atoms with Gasteiger partial charge in [0.25, 0.3) is 0 Å². The second kappa shape index (κ2) is 9.06. The van der Waals surface area contributed by atoms with E-state index in [1.165, 1.54) is 0 Å². The molecule has 0 heterocycles. The average molecular weight is 272 g/mol. The van der Waals surface area contributed by atoms with Crippen molar-refractivity contribution >= 4 is 11.6 Å². The Morgan fingerprint density at radius 1 is 1.28 bits per heavy atom. The van der Waals surface area contributed by atoms with E-state index in [9.17, 15) is 0 Å². The van der Waals surface area contributed by atoms with E-state index in [4.69, 9.17) is 21.1 Å². The lowest BCUT2D eigenvalue weighted by Gasteiger charge is -2.14. The SMILES string of the molecule is COc1ccccc1OCCNC(C)CCCCl. The van der Waals surface area contributed by atoms with Crippen molar-refractivity contribution in [2.75, 3.05) is 26.1 Å². The minimum absolute atomic E-state index is 0.477. The molecule has 0 amide bonds. The molecule has 0 aliphatic heterocycles. The molecule has 0 aromatic heterocycles. The highest BCUT2D eigenvalue weighted by Crippen LogP contribution is 2.25. The predicted octanol–water partition coefficient (Wildman–Crippen LogP) is 3.07. The molecule has 3 nitrogen and oxygen atoms in total. The Kier molecular flexibility index (Phi) is 7.62. The average Bonchev–Trinajstić information content (AvgIpc) is 2.41. The standard InChI is InChI=1S/C14H22ClNO2/c1-12(6-5-9-15)16-10-11-18-14-8-4-3-7-13(14)17-2/h3-4,7-8,12,16H,5-6,9-11H2,1-2H3. The molecule has 0 radical (unpaired) electrons. The van der Waals surface area contributed by atoms with Gasteiger partial charge < -0.3 is 14.8 Å². The Bertz CT molecular complexity index is 333. The van der Waals surface area contributed by atoms with E-state index >= 15 is 0 Å². The van der Waals surface area contributed by atoms with E-state index in [0.717, 1.165) is 36.8 Å². The first-order chi connectivity index (χ1) is 8.77. The van der Waals surface area contributed by atoms with Crippen LogP contribution in [0.1, 0.15) is 19.8 Å². The first-order valence-electron chi connectivity index (χ1n) is 6.33. The topological polar surface area (TPSA) is 30.5 Å². The Labute approximate surface area is 114 Å². The third-order valence-corrected chi connectivity index (χ3v) is 2.96. The number of hydrogen-bond donors (Lipinski definition) is 1. The van der Waals surface area contributed by atoms with Crippen molar-refractivity contribution in [3.63, 3.8) is 0 Å². The van der Waals surface area contributed by atoms with Crippen molar-refractivity contribution in [2.24, 2.45) is 0 Å². The smallest absolute Gasteiger partial charge is 0.161 e. The quantitative estimate of drug-likeness (QED) is 0.553. The van der Waals surface area contributed by atoms with Gasteiger partial charge in [-0.1, -0.05) is 12.1 Å². The molecule has 0 bridgehead atoms. The third-order valence-electron chi connectivity index (χ3n) is 2.69. The molecule has 1 N–H and O–H groups in total. The second-order valence-corrected chi connectivity index (χ2v) is 4.56. The lowest BCUT2D eigenvalue weighted by atomic mass is 10.2. The van der Waals surface area contributed by atoms with Crippen molar-refractivity contribution in [3.05, 3.63) is 24.3 Å². The van der Waals surface area contributed by atoms with Crippen molar-refractivity contribution in [1.29, 1.82) is 0 Å². The van der Waals surface area contributed by atoms with Gasteiger partial charge in [-0.05, 0) is 31.9 Å². The Morgan fingerprint density at radius 2 is 2.00 bits per heavy atom. The fourth-order valence-electron chi connectivity index (χ4n) is 1.69. The van der Waals surface area contributed by atoms with Gasteiger partial charge in [0.05, 0.1) is 7.11 Å². The van der Waals surface area contributed by atoms with Gasteiger partial charge in [-0.25, -0.2) is 0 Å². The summed E-state index contributed by atoms with van der Waals surface area (Å²) >= 11 is 5.65. The molecule has 0 fully saturated rings. The molecule has 1 rings (SSSR count). The number of methoxy groups -OCH3 is 1. The number of ether oxygens (including phenoxy) is 2. The number of benzene rings is 1. The van der Waals surface area contributed by atoms with Crippen LogP contribution in [0.25, 0.3) is 0 Å². The van der Waals surface area contributed by atoms with Crippen LogP contribution in [0.4, 0.5) is 0 Å². The molecule has 0 spiro atoms. The monoisotopic (exact) mass is 271 g/mol. The first-order valence-corrected chi connectivity index (χ1v) is 6.86. The highest BCUT2D eigenvalue weighted by atomic mass is 35.5. The maximum atomic E-state index is 5.67. The molecule has 1 aromatic rings. The van der Waals surface area contributed by atoms with Crippen LogP contribution in [0.5, 0.6) is 11.5 Å². The van der Waals surface area contributed by atoms with Crippen LogP contribution in [-0.4, -0.2) is 32.2 Å². The molecule has 1 unspecified atom stereocenters. The molecule has 18 heavy (non-hydrogen) atoms. The predicted molar refractivity (Wildman–Crippen MR) is 75.9 cm³/mol. The number of para-hydroxylation sites is 2. The molecule has 102 valence electrons. The summed E-state index contributed by atoms with van der Waals surface area (Å²) in [6, 6.07) is 8.15. The number of rotatable bonds is 9. The van der Waals surface area contributed by atoms with Gasteiger partial charge in [-0.15, -0.1) is 11.6 Å². The highest BCUT2D eigenvalue weighted by molar-refractivity contribution is 6.17. The summed E-state index contributed by atoms with van der Waals surface area (Å²) < 4.78 is 10.9. The fraction of sp³-hybridized carbons (Fsp3) is 0.571. The zero-order valence-corrected chi connectivity index (χ0v) is 11.9. The Balaban J connectivity index is 2.21. The maximum absolute atomic E-state index is 5.67. The minimum Gasteiger partial charge on any atom is -0.493 e. The second-order valence-electron chi connectivity index (χ2n) is 4.19. The number of halogens is 1. The van der Waals surface area contributed by atoms with Gasteiger partial charge >= 0.3 is 0 Å². The van der Waals surface area contributed by atoms with E-state index < -0.39 is 0 Å². The molecule has 0 saturated heterocycles. The van der Waals surface area contributed by atoms with Crippen molar-refractivity contribution in [3.8, 4) is 11.5 Å². The number of hydrogen-bond acceptors (Lipinski definition) is 3.